The third-order valence-corrected chi connectivity index (χ3v) is 2.79. The molecule has 0 amide bonds. The molecular formula is C15H13N3O. The molecule has 4 nitrogen and oxygen atoms in total. The maximum atomic E-state index is 5.73. The van der Waals surface area contributed by atoms with Crippen LogP contribution in [0.15, 0.2) is 64.2 Å². The first-order valence-corrected chi connectivity index (χ1v) is 6.03. The highest BCUT2D eigenvalue weighted by Crippen LogP contribution is 2.19. The third kappa shape index (κ3) is 2.47. The van der Waals surface area contributed by atoms with Crippen LogP contribution in [0.3, 0.4) is 0 Å². The SMILES string of the molecule is C/C(=N\Nc1ccccn1)c1cc2ccccc2o1. The summed E-state index contributed by atoms with van der Waals surface area (Å²) in [6, 6.07) is 15.5. The fraction of sp³-hybridized carbons (Fsp3) is 0.0667. The van der Waals surface area contributed by atoms with E-state index in [-0.39, 0.29) is 0 Å². The topological polar surface area (TPSA) is 50.4 Å². The molecule has 0 spiro atoms. The summed E-state index contributed by atoms with van der Waals surface area (Å²) < 4.78 is 5.73. The van der Waals surface area contributed by atoms with Gasteiger partial charge < -0.3 is 4.42 Å². The molecule has 4 heteroatoms. The van der Waals surface area contributed by atoms with Crippen molar-refractivity contribution in [2.75, 3.05) is 5.43 Å². The molecule has 3 rings (SSSR count). The van der Waals surface area contributed by atoms with Crippen molar-refractivity contribution >= 4 is 22.5 Å². The molecule has 0 aliphatic heterocycles. The number of rotatable bonds is 3. The third-order valence-electron chi connectivity index (χ3n) is 2.79. The lowest BCUT2D eigenvalue weighted by molar-refractivity contribution is 0.604. The Bertz CT molecular complexity index is 683. The summed E-state index contributed by atoms with van der Waals surface area (Å²) >= 11 is 0. The first-order valence-electron chi connectivity index (χ1n) is 6.03. The van der Waals surface area contributed by atoms with Crippen LogP contribution in [-0.4, -0.2) is 10.7 Å². The molecule has 0 bridgehead atoms. The number of fused-ring (bicyclic) bond motifs is 1. The minimum Gasteiger partial charge on any atom is -0.455 e. The average molecular weight is 251 g/mol. The van der Waals surface area contributed by atoms with E-state index in [2.05, 4.69) is 15.5 Å². The Labute approximate surface area is 110 Å². The number of para-hydroxylation sites is 1. The molecule has 0 saturated carbocycles. The monoisotopic (exact) mass is 251 g/mol. The number of nitrogens with zero attached hydrogens (tertiary/aromatic N) is 2. The smallest absolute Gasteiger partial charge is 0.151 e. The molecule has 2 aromatic heterocycles. The second-order valence-electron chi connectivity index (χ2n) is 4.17. The van der Waals surface area contributed by atoms with Gasteiger partial charge >= 0.3 is 0 Å². The number of hydrogen-bond donors (Lipinski definition) is 1. The van der Waals surface area contributed by atoms with Crippen molar-refractivity contribution in [1.82, 2.24) is 4.98 Å². The fourth-order valence-electron chi connectivity index (χ4n) is 1.79. The van der Waals surface area contributed by atoms with Gasteiger partial charge in [0.15, 0.2) is 5.76 Å². The molecule has 0 atom stereocenters. The van der Waals surface area contributed by atoms with Crippen LogP contribution in [0.4, 0.5) is 5.82 Å². The Morgan fingerprint density at radius 2 is 2.00 bits per heavy atom. The summed E-state index contributed by atoms with van der Waals surface area (Å²) in [5, 5.41) is 5.34. The van der Waals surface area contributed by atoms with Crippen LogP contribution in [0.5, 0.6) is 0 Å². The summed E-state index contributed by atoms with van der Waals surface area (Å²) in [5.74, 6) is 1.46. The van der Waals surface area contributed by atoms with Crippen LogP contribution >= 0.6 is 0 Å². The van der Waals surface area contributed by atoms with Crippen molar-refractivity contribution in [3.63, 3.8) is 0 Å². The second-order valence-corrected chi connectivity index (χ2v) is 4.17. The molecule has 0 saturated heterocycles. The van der Waals surface area contributed by atoms with Gasteiger partial charge in [0.1, 0.15) is 17.1 Å². The highest BCUT2D eigenvalue weighted by Gasteiger charge is 2.05. The van der Waals surface area contributed by atoms with Gasteiger partial charge in [0.05, 0.1) is 0 Å². The molecule has 3 aromatic rings. The summed E-state index contributed by atoms with van der Waals surface area (Å²) in [7, 11) is 0. The lowest BCUT2D eigenvalue weighted by atomic mass is 10.2. The molecule has 94 valence electrons. The number of hydrazone groups is 1. The minimum absolute atomic E-state index is 0.706. The van der Waals surface area contributed by atoms with E-state index >= 15 is 0 Å². The highest BCUT2D eigenvalue weighted by atomic mass is 16.3. The van der Waals surface area contributed by atoms with E-state index in [1.807, 2.05) is 55.5 Å². The number of furan rings is 1. The van der Waals surface area contributed by atoms with Gasteiger partial charge in [-0.1, -0.05) is 24.3 Å². The first-order chi connectivity index (χ1) is 9.33. The van der Waals surface area contributed by atoms with Gasteiger partial charge in [0, 0.05) is 11.6 Å². The summed E-state index contributed by atoms with van der Waals surface area (Å²) in [5.41, 5.74) is 4.55. The van der Waals surface area contributed by atoms with Gasteiger partial charge in [0.2, 0.25) is 0 Å². The number of benzene rings is 1. The summed E-state index contributed by atoms with van der Waals surface area (Å²) in [6.07, 6.45) is 1.72. The van der Waals surface area contributed by atoms with Crippen LogP contribution in [0.1, 0.15) is 12.7 Å². The maximum Gasteiger partial charge on any atom is 0.151 e. The molecule has 0 radical (unpaired) electrons. The molecule has 0 aliphatic carbocycles. The van der Waals surface area contributed by atoms with Gasteiger partial charge in [-0.05, 0) is 31.2 Å². The molecule has 2 heterocycles. The Kier molecular flexibility index (Phi) is 2.98. The maximum absolute atomic E-state index is 5.73. The van der Waals surface area contributed by atoms with Gasteiger partial charge in [-0.2, -0.15) is 5.10 Å². The fourth-order valence-corrected chi connectivity index (χ4v) is 1.79. The lowest BCUT2D eigenvalue weighted by Crippen LogP contribution is -1.99. The zero-order chi connectivity index (χ0) is 13.1. The van der Waals surface area contributed by atoms with Gasteiger partial charge in [-0.15, -0.1) is 0 Å². The average Bonchev–Trinajstić information content (AvgIpc) is 2.90. The van der Waals surface area contributed by atoms with E-state index in [0.29, 0.717) is 5.82 Å². The number of pyridine rings is 1. The lowest BCUT2D eigenvalue weighted by Gasteiger charge is -1.99. The Morgan fingerprint density at radius 1 is 1.16 bits per heavy atom. The molecule has 1 aromatic carbocycles. The molecule has 0 aliphatic rings. The Hall–Kier alpha value is -2.62. The van der Waals surface area contributed by atoms with Crippen molar-refractivity contribution in [2.45, 2.75) is 6.92 Å². The predicted molar refractivity (Wildman–Crippen MR) is 76.3 cm³/mol. The quantitative estimate of drug-likeness (QED) is 0.571. The van der Waals surface area contributed by atoms with Crippen molar-refractivity contribution in [3.8, 4) is 0 Å². The zero-order valence-corrected chi connectivity index (χ0v) is 10.5. The number of nitrogens with one attached hydrogen (secondary N) is 1. The zero-order valence-electron chi connectivity index (χ0n) is 10.5. The van der Waals surface area contributed by atoms with Gasteiger partial charge in [0.25, 0.3) is 0 Å². The summed E-state index contributed by atoms with van der Waals surface area (Å²) in [4.78, 5) is 4.14. The highest BCUT2D eigenvalue weighted by molar-refractivity contribution is 6.00. The van der Waals surface area contributed by atoms with Crippen LogP contribution in [0.2, 0.25) is 0 Å². The predicted octanol–water partition coefficient (Wildman–Crippen LogP) is 3.66. The molecule has 1 N–H and O–H groups in total. The van der Waals surface area contributed by atoms with Crippen molar-refractivity contribution < 1.29 is 4.42 Å². The van der Waals surface area contributed by atoms with Crippen LogP contribution in [0.25, 0.3) is 11.0 Å². The van der Waals surface area contributed by atoms with Crippen LogP contribution in [-0.2, 0) is 0 Å². The second kappa shape index (κ2) is 4.94. The van der Waals surface area contributed by atoms with Crippen LogP contribution < -0.4 is 5.43 Å². The number of aromatic nitrogens is 1. The van der Waals surface area contributed by atoms with Crippen molar-refractivity contribution in [3.05, 3.63) is 60.5 Å². The summed E-state index contributed by atoms with van der Waals surface area (Å²) in [6.45, 7) is 1.90. The minimum atomic E-state index is 0.706. The van der Waals surface area contributed by atoms with E-state index in [4.69, 9.17) is 4.42 Å². The van der Waals surface area contributed by atoms with Crippen LogP contribution in [0, 0.1) is 0 Å². The number of hydrogen-bond acceptors (Lipinski definition) is 4. The van der Waals surface area contributed by atoms with E-state index < -0.39 is 0 Å². The van der Waals surface area contributed by atoms with Crippen molar-refractivity contribution in [1.29, 1.82) is 0 Å². The van der Waals surface area contributed by atoms with Gasteiger partial charge in [-0.25, -0.2) is 4.98 Å². The van der Waals surface area contributed by atoms with Gasteiger partial charge in [-0.3, -0.25) is 5.43 Å². The van der Waals surface area contributed by atoms with E-state index in [1.165, 1.54) is 0 Å². The van der Waals surface area contributed by atoms with Crippen molar-refractivity contribution in [2.24, 2.45) is 5.10 Å². The molecular weight excluding hydrogens is 238 g/mol. The molecule has 19 heavy (non-hydrogen) atoms. The number of anilines is 1. The Balaban J connectivity index is 1.85. The van der Waals surface area contributed by atoms with E-state index in [1.54, 1.807) is 6.20 Å². The Morgan fingerprint density at radius 3 is 2.79 bits per heavy atom. The molecule has 0 fully saturated rings. The normalized spacial score (nSPS) is 11.7. The molecule has 0 unspecified atom stereocenters. The largest absolute Gasteiger partial charge is 0.455 e. The van der Waals surface area contributed by atoms with E-state index in [0.717, 1.165) is 22.4 Å². The standard InChI is InChI=1S/C15H13N3O/c1-11(17-18-15-8-4-5-9-16-15)14-10-12-6-2-3-7-13(12)19-14/h2-10H,1H3,(H,16,18)/b17-11+. The van der Waals surface area contributed by atoms with E-state index in [9.17, 15) is 0 Å². The first kappa shape index (κ1) is 11.5.